The van der Waals surface area contributed by atoms with Crippen LogP contribution in [0.25, 0.3) is 11.7 Å². The fourth-order valence-corrected chi connectivity index (χ4v) is 2.68. The highest BCUT2D eigenvalue weighted by molar-refractivity contribution is 6.30. The molecule has 0 unspecified atom stereocenters. The SMILES string of the molecule is CN1C(=O)C(=Cc2c(N(C)C)nc3ccccn3c2=O)C(=O)N(C)C1=O. The molecule has 9 heteroatoms. The number of hydrogen-bond acceptors (Lipinski definition) is 6. The van der Waals surface area contributed by atoms with Crippen LogP contribution in [0.1, 0.15) is 5.56 Å². The lowest BCUT2D eigenvalue weighted by atomic mass is 10.1. The Morgan fingerprint density at radius 3 is 2.19 bits per heavy atom. The Morgan fingerprint density at radius 2 is 1.62 bits per heavy atom. The fourth-order valence-electron chi connectivity index (χ4n) is 2.68. The minimum Gasteiger partial charge on any atom is -0.362 e. The number of hydrogen-bond donors (Lipinski definition) is 0. The monoisotopic (exact) mass is 355 g/mol. The Bertz CT molecular complexity index is 1010. The van der Waals surface area contributed by atoms with Crippen molar-refractivity contribution < 1.29 is 14.4 Å². The van der Waals surface area contributed by atoms with Crippen LogP contribution in [0.3, 0.4) is 0 Å². The average Bonchev–Trinajstić information content (AvgIpc) is 2.63. The molecule has 1 fully saturated rings. The molecule has 1 aliphatic heterocycles. The first-order valence-electron chi connectivity index (χ1n) is 7.74. The largest absolute Gasteiger partial charge is 0.362 e. The summed E-state index contributed by atoms with van der Waals surface area (Å²) in [4.78, 5) is 57.3. The molecule has 134 valence electrons. The van der Waals surface area contributed by atoms with Crippen LogP contribution in [0.15, 0.2) is 34.8 Å². The number of urea groups is 1. The summed E-state index contributed by atoms with van der Waals surface area (Å²) in [6, 6.07) is 4.39. The summed E-state index contributed by atoms with van der Waals surface area (Å²) >= 11 is 0. The number of pyridine rings is 1. The first-order valence-corrected chi connectivity index (χ1v) is 7.74. The molecular formula is C17H17N5O4. The van der Waals surface area contributed by atoms with E-state index in [2.05, 4.69) is 4.98 Å². The summed E-state index contributed by atoms with van der Waals surface area (Å²) < 4.78 is 1.33. The molecule has 4 amide bonds. The van der Waals surface area contributed by atoms with Gasteiger partial charge < -0.3 is 4.90 Å². The Kier molecular flexibility index (Phi) is 4.07. The van der Waals surface area contributed by atoms with E-state index in [9.17, 15) is 19.2 Å². The maximum atomic E-state index is 12.9. The molecule has 0 radical (unpaired) electrons. The summed E-state index contributed by atoms with van der Waals surface area (Å²) in [6.07, 6.45) is 2.76. The summed E-state index contributed by atoms with van der Waals surface area (Å²) in [5, 5.41) is 0. The first kappa shape index (κ1) is 17.3. The molecule has 3 rings (SSSR count). The van der Waals surface area contributed by atoms with Crippen molar-refractivity contribution in [1.29, 1.82) is 0 Å². The van der Waals surface area contributed by atoms with Gasteiger partial charge in [0.15, 0.2) is 0 Å². The minimum atomic E-state index is -0.764. The smallest absolute Gasteiger partial charge is 0.333 e. The average molecular weight is 355 g/mol. The van der Waals surface area contributed by atoms with Crippen LogP contribution in [0.5, 0.6) is 0 Å². The van der Waals surface area contributed by atoms with Crippen molar-refractivity contribution in [2.75, 3.05) is 33.1 Å². The quantitative estimate of drug-likeness (QED) is 0.564. The predicted molar refractivity (Wildman–Crippen MR) is 94.7 cm³/mol. The predicted octanol–water partition coefficient (Wildman–Crippen LogP) is 0.194. The van der Waals surface area contributed by atoms with E-state index >= 15 is 0 Å². The number of nitrogens with zero attached hydrogens (tertiary/aromatic N) is 5. The highest BCUT2D eigenvalue weighted by Gasteiger charge is 2.38. The molecule has 0 atom stereocenters. The number of amides is 4. The summed E-state index contributed by atoms with van der Waals surface area (Å²) in [7, 11) is 5.96. The van der Waals surface area contributed by atoms with Gasteiger partial charge in [0, 0.05) is 34.4 Å². The molecule has 0 bridgehead atoms. The lowest BCUT2D eigenvalue weighted by Gasteiger charge is -2.29. The number of carbonyl (C=O) groups excluding carboxylic acids is 3. The third-order valence-corrected chi connectivity index (χ3v) is 4.11. The zero-order valence-corrected chi connectivity index (χ0v) is 14.8. The van der Waals surface area contributed by atoms with Crippen LogP contribution in [0.4, 0.5) is 10.6 Å². The van der Waals surface area contributed by atoms with E-state index in [1.165, 1.54) is 24.6 Å². The first-order chi connectivity index (χ1) is 12.2. The zero-order chi connectivity index (χ0) is 19.2. The van der Waals surface area contributed by atoms with Gasteiger partial charge in [-0.3, -0.25) is 28.6 Å². The molecule has 26 heavy (non-hydrogen) atoms. The molecule has 0 aliphatic carbocycles. The molecule has 1 saturated heterocycles. The van der Waals surface area contributed by atoms with E-state index in [4.69, 9.17) is 0 Å². The third kappa shape index (κ3) is 2.53. The number of imide groups is 2. The maximum absolute atomic E-state index is 12.9. The second-order valence-electron chi connectivity index (χ2n) is 6.05. The van der Waals surface area contributed by atoms with Crippen LogP contribution < -0.4 is 10.5 Å². The molecule has 0 aromatic carbocycles. The van der Waals surface area contributed by atoms with Gasteiger partial charge in [0.2, 0.25) is 0 Å². The van der Waals surface area contributed by atoms with E-state index in [1.807, 2.05) is 0 Å². The number of rotatable bonds is 2. The summed E-state index contributed by atoms with van der Waals surface area (Å²) in [5.41, 5.74) is -0.164. The molecule has 9 nitrogen and oxygen atoms in total. The second-order valence-corrected chi connectivity index (χ2v) is 6.05. The van der Waals surface area contributed by atoms with Crippen LogP contribution in [-0.4, -0.2) is 65.2 Å². The standard InChI is InChI=1S/C17H17N5O4/c1-19(2)13-10(16(25)22-8-6-5-7-12(22)18-13)9-11-14(23)20(3)17(26)21(4)15(11)24/h5-9H,1-4H3. The van der Waals surface area contributed by atoms with Crippen molar-refractivity contribution in [3.05, 3.63) is 45.9 Å². The second kappa shape index (κ2) is 6.10. The van der Waals surface area contributed by atoms with E-state index in [0.717, 1.165) is 9.80 Å². The molecule has 0 saturated carbocycles. The van der Waals surface area contributed by atoms with Crippen LogP contribution in [0, 0.1) is 0 Å². The van der Waals surface area contributed by atoms with Crippen molar-refractivity contribution in [3.63, 3.8) is 0 Å². The normalized spacial score (nSPS) is 15.1. The number of anilines is 1. The Hall–Kier alpha value is -3.49. The van der Waals surface area contributed by atoms with Crippen LogP contribution in [0.2, 0.25) is 0 Å². The summed E-state index contributed by atoms with van der Waals surface area (Å²) in [6.45, 7) is 0. The zero-order valence-electron chi connectivity index (χ0n) is 14.8. The number of barbiturate groups is 1. The van der Waals surface area contributed by atoms with Gasteiger partial charge in [0.25, 0.3) is 17.4 Å². The highest BCUT2D eigenvalue weighted by atomic mass is 16.2. The molecule has 2 aromatic rings. The molecule has 3 heterocycles. The van der Waals surface area contributed by atoms with E-state index in [1.54, 1.807) is 43.4 Å². The van der Waals surface area contributed by atoms with Crippen molar-refractivity contribution in [1.82, 2.24) is 19.2 Å². The lowest BCUT2D eigenvalue weighted by Crippen LogP contribution is -2.53. The number of aromatic nitrogens is 2. The number of likely N-dealkylation sites (N-methyl/N-ethyl adjacent to an activating group) is 2. The van der Waals surface area contributed by atoms with Crippen LogP contribution >= 0.6 is 0 Å². The van der Waals surface area contributed by atoms with Crippen molar-refractivity contribution in [2.45, 2.75) is 0 Å². The van der Waals surface area contributed by atoms with Gasteiger partial charge in [-0.15, -0.1) is 0 Å². The summed E-state index contributed by atoms with van der Waals surface area (Å²) in [5.74, 6) is -1.21. The van der Waals surface area contributed by atoms with E-state index in [-0.39, 0.29) is 11.1 Å². The minimum absolute atomic E-state index is 0.0894. The molecular weight excluding hydrogens is 338 g/mol. The Balaban J connectivity index is 2.29. The van der Waals surface area contributed by atoms with Crippen molar-refractivity contribution in [3.8, 4) is 0 Å². The van der Waals surface area contributed by atoms with Crippen LogP contribution in [-0.2, 0) is 9.59 Å². The molecule has 0 N–H and O–H groups in total. The van der Waals surface area contributed by atoms with Gasteiger partial charge in [-0.1, -0.05) is 6.07 Å². The van der Waals surface area contributed by atoms with Gasteiger partial charge in [-0.05, 0) is 18.2 Å². The number of carbonyl (C=O) groups is 3. The van der Waals surface area contributed by atoms with Gasteiger partial charge in [-0.25, -0.2) is 9.78 Å². The molecule has 0 spiro atoms. The highest BCUT2D eigenvalue weighted by Crippen LogP contribution is 2.21. The van der Waals surface area contributed by atoms with Crippen molar-refractivity contribution in [2.24, 2.45) is 0 Å². The van der Waals surface area contributed by atoms with E-state index < -0.39 is 23.4 Å². The van der Waals surface area contributed by atoms with Gasteiger partial charge in [0.05, 0.1) is 5.56 Å². The van der Waals surface area contributed by atoms with E-state index in [0.29, 0.717) is 11.5 Å². The Labute approximate surface area is 148 Å². The molecule has 1 aliphatic rings. The Morgan fingerprint density at radius 1 is 1.00 bits per heavy atom. The van der Waals surface area contributed by atoms with Gasteiger partial charge >= 0.3 is 6.03 Å². The van der Waals surface area contributed by atoms with Gasteiger partial charge in [0.1, 0.15) is 17.0 Å². The third-order valence-electron chi connectivity index (χ3n) is 4.11. The van der Waals surface area contributed by atoms with Crippen molar-refractivity contribution >= 4 is 35.4 Å². The maximum Gasteiger partial charge on any atom is 0.333 e. The van der Waals surface area contributed by atoms with Gasteiger partial charge in [-0.2, -0.15) is 0 Å². The molecule has 2 aromatic heterocycles. The lowest BCUT2D eigenvalue weighted by molar-refractivity contribution is -0.134. The number of fused-ring (bicyclic) bond motifs is 1. The topological polar surface area (TPSA) is 95.3 Å². The fraction of sp³-hybridized carbons (Fsp3) is 0.235.